The van der Waals surface area contributed by atoms with Crippen molar-refractivity contribution in [2.75, 3.05) is 6.61 Å². The number of carbonyl (C=O) groups excluding carboxylic acids is 1. The van der Waals surface area contributed by atoms with E-state index in [-0.39, 0.29) is 19.4 Å². The van der Waals surface area contributed by atoms with E-state index < -0.39 is 11.9 Å². The molecule has 2 aromatic carbocycles. The van der Waals surface area contributed by atoms with E-state index in [0.717, 1.165) is 23.1 Å². The van der Waals surface area contributed by atoms with Crippen LogP contribution in [0.1, 0.15) is 24.0 Å². The monoisotopic (exact) mass is 454 g/mol. The molecule has 132 valence electrons. The lowest BCUT2D eigenvalue weighted by Crippen LogP contribution is -2.07. The molecule has 25 heavy (non-hydrogen) atoms. The van der Waals surface area contributed by atoms with Crippen molar-refractivity contribution in [2.24, 2.45) is 0 Å². The lowest BCUT2D eigenvalue weighted by atomic mass is 10.0. The molecule has 0 unspecified atom stereocenters. The molecular weight excluding hydrogens is 435 g/mol. The van der Waals surface area contributed by atoms with Crippen molar-refractivity contribution in [3.63, 3.8) is 0 Å². The van der Waals surface area contributed by atoms with Crippen LogP contribution in [0, 0.1) is 0 Å². The first-order valence-electron chi connectivity index (χ1n) is 7.87. The average molecular weight is 454 g/mol. The molecule has 0 spiro atoms. The van der Waals surface area contributed by atoms with Gasteiger partial charge in [0.25, 0.3) is 0 Å². The van der Waals surface area contributed by atoms with Gasteiger partial charge in [0.2, 0.25) is 0 Å². The molecule has 0 amide bonds. The summed E-state index contributed by atoms with van der Waals surface area (Å²) in [6.07, 6.45) is 0.565. The van der Waals surface area contributed by atoms with Crippen LogP contribution in [0.5, 0.6) is 0 Å². The standard InChI is InChI=1S/C19H19IO5/c20-25-12-11-14-1-5-16(6-2-14)17-7-3-15(4-8-17)13-24-19(23)10-9-18(21)22/h1-8H,9-13H2,(H,21,22). The number of hydrogen-bond donors (Lipinski definition) is 1. The van der Waals surface area contributed by atoms with Gasteiger partial charge in [-0.25, -0.2) is 0 Å². The Balaban J connectivity index is 1.88. The summed E-state index contributed by atoms with van der Waals surface area (Å²) in [5, 5.41) is 8.53. The topological polar surface area (TPSA) is 72.8 Å². The molecule has 0 heterocycles. The smallest absolute Gasteiger partial charge is 0.306 e. The Morgan fingerprint density at radius 2 is 1.44 bits per heavy atom. The predicted molar refractivity (Wildman–Crippen MR) is 102 cm³/mol. The van der Waals surface area contributed by atoms with Gasteiger partial charge in [-0.05, 0) is 28.7 Å². The van der Waals surface area contributed by atoms with Crippen LogP contribution in [0.4, 0.5) is 0 Å². The van der Waals surface area contributed by atoms with Gasteiger partial charge in [-0.2, -0.15) is 0 Å². The molecule has 2 aromatic rings. The fraction of sp³-hybridized carbons (Fsp3) is 0.263. The highest BCUT2D eigenvalue weighted by Crippen LogP contribution is 2.21. The number of benzene rings is 2. The number of carboxylic acids is 1. The van der Waals surface area contributed by atoms with Crippen LogP contribution in [-0.2, 0) is 30.4 Å². The van der Waals surface area contributed by atoms with Gasteiger partial charge in [0.05, 0.1) is 19.4 Å². The van der Waals surface area contributed by atoms with Gasteiger partial charge >= 0.3 is 11.9 Å². The summed E-state index contributed by atoms with van der Waals surface area (Å²) >= 11 is 1.89. The number of rotatable bonds is 9. The van der Waals surface area contributed by atoms with E-state index in [1.54, 1.807) is 0 Å². The molecule has 0 aromatic heterocycles. The number of aliphatic carboxylic acids is 1. The normalized spacial score (nSPS) is 10.4. The molecule has 2 rings (SSSR count). The minimum atomic E-state index is -1.01. The highest BCUT2D eigenvalue weighted by molar-refractivity contribution is 14.1. The second kappa shape index (κ2) is 10.1. The van der Waals surface area contributed by atoms with Crippen LogP contribution >= 0.6 is 23.0 Å². The van der Waals surface area contributed by atoms with Crippen molar-refractivity contribution in [3.8, 4) is 11.1 Å². The molecule has 0 atom stereocenters. The molecule has 0 aliphatic carbocycles. The molecule has 0 aliphatic heterocycles. The number of carboxylic acid groups (broad SMARTS) is 1. The van der Waals surface area contributed by atoms with E-state index in [0.29, 0.717) is 6.61 Å². The van der Waals surface area contributed by atoms with E-state index in [1.807, 2.05) is 47.3 Å². The highest BCUT2D eigenvalue weighted by Gasteiger charge is 2.07. The highest BCUT2D eigenvalue weighted by atomic mass is 127. The molecule has 0 aliphatic rings. The van der Waals surface area contributed by atoms with Crippen LogP contribution in [0.15, 0.2) is 48.5 Å². The van der Waals surface area contributed by atoms with Crippen LogP contribution in [-0.4, -0.2) is 23.7 Å². The van der Waals surface area contributed by atoms with Crippen molar-refractivity contribution < 1.29 is 22.5 Å². The molecule has 0 saturated heterocycles. The van der Waals surface area contributed by atoms with Crippen molar-refractivity contribution in [1.29, 1.82) is 0 Å². The zero-order valence-corrected chi connectivity index (χ0v) is 15.8. The Bertz CT molecular complexity index is 695. The van der Waals surface area contributed by atoms with E-state index in [9.17, 15) is 9.59 Å². The molecule has 0 radical (unpaired) electrons. The maximum Gasteiger partial charge on any atom is 0.306 e. The van der Waals surface area contributed by atoms with Crippen molar-refractivity contribution in [1.82, 2.24) is 0 Å². The van der Waals surface area contributed by atoms with Crippen LogP contribution in [0.25, 0.3) is 11.1 Å². The molecule has 5 nitrogen and oxygen atoms in total. The van der Waals surface area contributed by atoms with Gasteiger partial charge in [0.1, 0.15) is 29.6 Å². The summed E-state index contributed by atoms with van der Waals surface area (Å²) in [6.45, 7) is 0.841. The molecule has 0 saturated carbocycles. The summed E-state index contributed by atoms with van der Waals surface area (Å²) in [6, 6.07) is 16.1. The summed E-state index contributed by atoms with van der Waals surface area (Å²) < 4.78 is 10.1. The summed E-state index contributed by atoms with van der Waals surface area (Å²) in [5.74, 6) is -1.51. The van der Waals surface area contributed by atoms with Gasteiger partial charge in [0, 0.05) is 0 Å². The van der Waals surface area contributed by atoms with Gasteiger partial charge in [0.15, 0.2) is 0 Å². The third-order valence-electron chi connectivity index (χ3n) is 3.65. The first-order chi connectivity index (χ1) is 12.1. The largest absolute Gasteiger partial charge is 0.481 e. The summed E-state index contributed by atoms with van der Waals surface area (Å²) in [7, 11) is 0. The zero-order chi connectivity index (χ0) is 18.1. The Labute approximate surface area is 160 Å². The Morgan fingerprint density at radius 3 is 1.96 bits per heavy atom. The lowest BCUT2D eigenvalue weighted by Gasteiger charge is -2.07. The number of ether oxygens (including phenoxy) is 1. The third-order valence-corrected chi connectivity index (χ3v) is 4.09. The molecule has 1 N–H and O–H groups in total. The number of carbonyl (C=O) groups is 2. The van der Waals surface area contributed by atoms with Gasteiger partial charge in [-0.3, -0.25) is 9.59 Å². The molecular formula is C19H19IO5. The van der Waals surface area contributed by atoms with E-state index in [1.165, 1.54) is 5.56 Å². The second-order valence-electron chi connectivity index (χ2n) is 5.51. The SMILES string of the molecule is O=C(O)CCC(=O)OCc1ccc(-c2ccc(CCOI)cc2)cc1. The van der Waals surface area contributed by atoms with Crippen molar-refractivity contribution in [2.45, 2.75) is 25.9 Å². The van der Waals surface area contributed by atoms with Crippen LogP contribution < -0.4 is 0 Å². The third kappa shape index (κ3) is 6.83. The zero-order valence-electron chi connectivity index (χ0n) is 13.6. The fourth-order valence-corrected chi connectivity index (χ4v) is 2.48. The van der Waals surface area contributed by atoms with E-state index in [2.05, 4.69) is 24.3 Å². The maximum atomic E-state index is 11.4. The minimum Gasteiger partial charge on any atom is -0.481 e. The van der Waals surface area contributed by atoms with Gasteiger partial charge in [-0.15, -0.1) is 0 Å². The fourth-order valence-electron chi connectivity index (χ4n) is 2.26. The Kier molecular flexibility index (Phi) is 7.87. The van der Waals surface area contributed by atoms with Crippen LogP contribution in [0.2, 0.25) is 0 Å². The first-order valence-corrected chi connectivity index (χ1v) is 8.76. The molecule has 0 fully saturated rings. The average Bonchev–Trinajstić information content (AvgIpc) is 2.64. The van der Waals surface area contributed by atoms with Gasteiger partial charge < -0.3 is 12.9 Å². The Morgan fingerprint density at radius 1 is 0.880 bits per heavy atom. The quantitative estimate of drug-likeness (QED) is 0.455. The van der Waals surface area contributed by atoms with E-state index in [4.69, 9.17) is 12.9 Å². The maximum absolute atomic E-state index is 11.4. The summed E-state index contributed by atoms with van der Waals surface area (Å²) in [5.41, 5.74) is 4.29. The van der Waals surface area contributed by atoms with Crippen molar-refractivity contribution >= 4 is 34.9 Å². The molecule has 0 bridgehead atoms. The Hall–Kier alpha value is -1.93. The first kappa shape index (κ1) is 19.4. The van der Waals surface area contributed by atoms with Crippen molar-refractivity contribution in [3.05, 3.63) is 59.7 Å². The molecule has 6 heteroatoms. The van der Waals surface area contributed by atoms with Crippen LogP contribution in [0.3, 0.4) is 0 Å². The van der Waals surface area contributed by atoms with Gasteiger partial charge in [-0.1, -0.05) is 48.5 Å². The predicted octanol–water partition coefficient (Wildman–Crippen LogP) is 4.17. The number of halogens is 1. The van der Waals surface area contributed by atoms with E-state index >= 15 is 0 Å². The summed E-state index contributed by atoms with van der Waals surface area (Å²) in [4.78, 5) is 21.8. The number of hydrogen-bond acceptors (Lipinski definition) is 4. The number of esters is 1. The minimum absolute atomic E-state index is 0.109. The second-order valence-corrected chi connectivity index (χ2v) is 6.13. The lowest BCUT2D eigenvalue weighted by molar-refractivity contribution is -0.148.